The van der Waals surface area contributed by atoms with Gasteiger partial charge in [-0.05, 0) is 55.0 Å². The molecule has 0 spiro atoms. The quantitative estimate of drug-likeness (QED) is 0.895. The van der Waals surface area contributed by atoms with Gasteiger partial charge in [0.2, 0.25) is 5.91 Å². The Bertz CT molecular complexity index is 529. The lowest BCUT2D eigenvalue weighted by Gasteiger charge is -2.30. The molecular formula is C16H20Cl2N2O. The molecule has 2 fully saturated rings. The van der Waals surface area contributed by atoms with Crippen LogP contribution in [0, 0.1) is 11.8 Å². The predicted molar refractivity (Wildman–Crippen MR) is 85.9 cm³/mol. The van der Waals surface area contributed by atoms with Gasteiger partial charge >= 0.3 is 0 Å². The summed E-state index contributed by atoms with van der Waals surface area (Å²) in [7, 11) is 0. The predicted octanol–water partition coefficient (Wildman–Crippen LogP) is 3.21. The van der Waals surface area contributed by atoms with Crippen LogP contribution in [0.15, 0.2) is 18.2 Å². The van der Waals surface area contributed by atoms with Gasteiger partial charge < -0.3 is 10.6 Å². The van der Waals surface area contributed by atoms with Crippen molar-refractivity contribution in [3.8, 4) is 0 Å². The maximum atomic E-state index is 12.4. The molecule has 0 bridgehead atoms. The Labute approximate surface area is 135 Å². The Balaban J connectivity index is 1.60. The Morgan fingerprint density at radius 3 is 2.67 bits per heavy atom. The third-order valence-corrected chi connectivity index (χ3v) is 5.03. The first-order chi connectivity index (χ1) is 10.0. The highest BCUT2D eigenvalue weighted by molar-refractivity contribution is 6.34. The Morgan fingerprint density at radius 1 is 1.29 bits per heavy atom. The van der Waals surface area contributed by atoms with Gasteiger partial charge in [-0.25, -0.2) is 0 Å². The molecule has 114 valence electrons. The molecule has 1 aromatic rings. The fourth-order valence-corrected chi connectivity index (χ4v) is 3.66. The first-order valence-corrected chi connectivity index (χ1v) is 8.27. The van der Waals surface area contributed by atoms with Crippen LogP contribution in [0.1, 0.15) is 31.2 Å². The topological polar surface area (TPSA) is 41.1 Å². The van der Waals surface area contributed by atoms with E-state index in [1.165, 1.54) is 0 Å². The molecule has 0 aromatic heterocycles. The van der Waals surface area contributed by atoms with Crippen molar-refractivity contribution in [1.82, 2.24) is 10.6 Å². The average Bonchev–Trinajstić information content (AvgIpc) is 3.20. The van der Waals surface area contributed by atoms with Crippen LogP contribution in [-0.4, -0.2) is 25.0 Å². The monoisotopic (exact) mass is 326 g/mol. The van der Waals surface area contributed by atoms with E-state index in [2.05, 4.69) is 17.6 Å². The lowest BCUT2D eigenvalue weighted by atomic mass is 9.94. The molecule has 1 saturated heterocycles. The van der Waals surface area contributed by atoms with Crippen LogP contribution in [0.5, 0.6) is 0 Å². The maximum Gasteiger partial charge on any atom is 0.224 e. The van der Waals surface area contributed by atoms with E-state index < -0.39 is 0 Å². The van der Waals surface area contributed by atoms with E-state index in [4.69, 9.17) is 23.2 Å². The summed E-state index contributed by atoms with van der Waals surface area (Å²) in [4.78, 5) is 12.4. The van der Waals surface area contributed by atoms with E-state index >= 15 is 0 Å². The first kappa shape index (κ1) is 15.1. The van der Waals surface area contributed by atoms with Gasteiger partial charge in [0.25, 0.3) is 0 Å². The number of hydrogen-bond acceptors (Lipinski definition) is 2. The van der Waals surface area contributed by atoms with E-state index in [1.54, 1.807) is 6.07 Å². The van der Waals surface area contributed by atoms with Crippen molar-refractivity contribution in [2.75, 3.05) is 13.1 Å². The van der Waals surface area contributed by atoms with Gasteiger partial charge in [-0.2, -0.15) is 0 Å². The summed E-state index contributed by atoms with van der Waals surface area (Å²) in [5, 5.41) is 7.80. The fraction of sp³-hybridized carbons (Fsp3) is 0.562. The third kappa shape index (κ3) is 3.53. The second kappa shape index (κ2) is 6.15. The number of nitrogens with one attached hydrogen (secondary N) is 2. The molecule has 21 heavy (non-hydrogen) atoms. The fourth-order valence-electron chi connectivity index (χ4n) is 3.12. The number of rotatable bonds is 3. The minimum Gasteiger partial charge on any atom is -0.352 e. The van der Waals surface area contributed by atoms with Gasteiger partial charge in [0, 0.05) is 28.5 Å². The summed E-state index contributed by atoms with van der Waals surface area (Å²) in [5.41, 5.74) is 1.07. The highest BCUT2D eigenvalue weighted by atomic mass is 35.5. The van der Waals surface area contributed by atoms with Gasteiger partial charge in [-0.1, -0.05) is 30.1 Å². The van der Waals surface area contributed by atoms with Crippen LogP contribution in [0.25, 0.3) is 0 Å². The second-order valence-electron chi connectivity index (χ2n) is 6.24. The van der Waals surface area contributed by atoms with Crippen LogP contribution >= 0.6 is 23.2 Å². The van der Waals surface area contributed by atoms with Gasteiger partial charge in [-0.15, -0.1) is 0 Å². The van der Waals surface area contributed by atoms with Crippen molar-refractivity contribution in [2.24, 2.45) is 11.8 Å². The molecule has 1 aromatic carbocycles. The lowest BCUT2D eigenvalue weighted by Crippen LogP contribution is -2.50. The van der Waals surface area contributed by atoms with Gasteiger partial charge in [0.05, 0.1) is 0 Å². The molecule has 3 rings (SSSR count). The zero-order chi connectivity index (χ0) is 15.0. The minimum absolute atomic E-state index is 0.0636. The van der Waals surface area contributed by atoms with Gasteiger partial charge in [0.15, 0.2) is 0 Å². The molecule has 3 nitrogen and oxygen atoms in total. The average molecular weight is 327 g/mol. The lowest BCUT2D eigenvalue weighted by molar-refractivity contribution is -0.123. The molecule has 1 aliphatic heterocycles. The van der Waals surface area contributed by atoms with E-state index in [1.807, 2.05) is 12.1 Å². The van der Waals surface area contributed by atoms with Crippen molar-refractivity contribution in [3.63, 3.8) is 0 Å². The Morgan fingerprint density at radius 2 is 2.00 bits per heavy atom. The molecule has 1 aliphatic carbocycles. The second-order valence-corrected chi connectivity index (χ2v) is 7.11. The summed E-state index contributed by atoms with van der Waals surface area (Å²) < 4.78 is 0. The Hall–Kier alpha value is -0.770. The SMILES string of the molecule is CC1CCNCC1NC(=O)C1CC1c1cc(Cl)cc(Cl)c1. The summed E-state index contributed by atoms with van der Waals surface area (Å²) in [6, 6.07) is 5.79. The molecule has 1 heterocycles. The minimum atomic E-state index is 0.0636. The maximum absolute atomic E-state index is 12.4. The zero-order valence-corrected chi connectivity index (χ0v) is 13.5. The standard InChI is InChI=1S/C16H20Cl2N2O/c1-9-2-3-19-8-15(9)20-16(21)14-7-13(14)10-4-11(17)6-12(18)5-10/h4-6,9,13-15,19H,2-3,7-8H2,1H3,(H,20,21). The van der Waals surface area contributed by atoms with Crippen LogP contribution in [0.2, 0.25) is 10.0 Å². The molecule has 5 heteroatoms. The molecular weight excluding hydrogens is 307 g/mol. The molecule has 2 N–H and O–H groups in total. The molecule has 1 amide bonds. The smallest absolute Gasteiger partial charge is 0.224 e. The number of hydrogen-bond donors (Lipinski definition) is 2. The van der Waals surface area contributed by atoms with Crippen molar-refractivity contribution < 1.29 is 4.79 Å². The van der Waals surface area contributed by atoms with E-state index in [9.17, 15) is 4.79 Å². The number of carbonyl (C=O) groups excluding carboxylic acids is 1. The molecule has 1 saturated carbocycles. The van der Waals surface area contributed by atoms with E-state index in [-0.39, 0.29) is 23.8 Å². The summed E-state index contributed by atoms with van der Waals surface area (Å²) in [6.45, 7) is 4.11. The summed E-state index contributed by atoms with van der Waals surface area (Å²) in [5.74, 6) is 1.02. The molecule has 2 aliphatic rings. The van der Waals surface area contributed by atoms with E-state index in [0.717, 1.165) is 31.5 Å². The van der Waals surface area contributed by atoms with Crippen molar-refractivity contribution in [1.29, 1.82) is 0 Å². The van der Waals surface area contributed by atoms with Crippen LogP contribution in [0.3, 0.4) is 0 Å². The highest BCUT2D eigenvalue weighted by Gasteiger charge is 2.44. The first-order valence-electron chi connectivity index (χ1n) is 7.51. The normalized spacial score (nSPS) is 31.8. The van der Waals surface area contributed by atoms with E-state index in [0.29, 0.717) is 16.0 Å². The van der Waals surface area contributed by atoms with Gasteiger partial charge in [-0.3, -0.25) is 4.79 Å². The summed E-state index contributed by atoms with van der Waals surface area (Å²) in [6.07, 6.45) is 2.00. The number of benzene rings is 1. The largest absolute Gasteiger partial charge is 0.352 e. The van der Waals surface area contributed by atoms with Crippen LogP contribution in [0.4, 0.5) is 0 Å². The summed E-state index contributed by atoms with van der Waals surface area (Å²) >= 11 is 12.1. The zero-order valence-electron chi connectivity index (χ0n) is 12.0. The van der Waals surface area contributed by atoms with Gasteiger partial charge in [0.1, 0.15) is 0 Å². The van der Waals surface area contributed by atoms with Crippen molar-refractivity contribution in [2.45, 2.75) is 31.7 Å². The molecule has 0 radical (unpaired) electrons. The Kier molecular flexibility index (Phi) is 4.43. The molecule has 4 atom stereocenters. The number of halogens is 2. The van der Waals surface area contributed by atoms with Crippen molar-refractivity contribution >= 4 is 29.1 Å². The van der Waals surface area contributed by atoms with Crippen LogP contribution < -0.4 is 10.6 Å². The highest BCUT2D eigenvalue weighted by Crippen LogP contribution is 2.48. The number of piperidine rings is 1. The number of carbonyl (C=O) groups is 1. The molecule has 4 unspecified atom stereocenters. The van der Waals surface area contributed by atoms with Crippen molar-refractivity contribution in [3.05, 3.63) is 33.8 Å². The number of amides is 1. The third-order valence-electron chi connectivity index (χ3n) is 4.60. The van der Waals surface area contributed by atoms with Crippen LogP contribution in [-0.2, 0) is 4.79 Å².